The summed E-state index contributed by atoms with van der Waals surface area (Å²) in [7, 11) is 0. The highest BCUT2D eigenvalue weighted by molar-refractivity contribution is 6.33. The first-order valence-electron chi connectivity index (χ1n) is 6.45. The topological polar surface area (TPSA) is 78.4 Å². The molecular formula is C14H19ClN2O3. The molecule has 0 spiro atoms. The Kier molecular flexibility index (Phi) is 6.31. The third kappa shape index (κ3) is 5.48. The van der Waals surface area contributed by atoms with E-state index in [0.717, 1.165) is 5.56 Å². The van der Waals surface area contributed by atoms with Gasteiger partial charge in [0, 0.05) is 13.0 Å². The number of carboxylic acid groups (broad SMARTS) is 1. The van der Waals surface area contributed by atoms with Gasteiger partial charge in [-0.25, -0.2) is 4.79 Å². The minimum Gasteiger partial charge on any atom is -0.481 e. The molecule has 110 valence electrons. The van der Waals surface area contributed by atoms with Gasteiger partial charge < -0.3 is 15.7 Å². The zero-order valence-corrected chi connectivity index (χ0v) is 12.3. The van der Waals surface area contributed by atoms with Crippen molar-refractivity contribution in [1.29, 1.82) is 0 Å². The number of aliphatic carboxylic acids is 1. The van der Waals surface area contributed by atoms with Gasteiger partial charge in [-0.15, -0.1) is 0 Å². The van der Waals surface area contributed by atoms with Gasteiger partial charge in [-0.2, -0.15) is 0 Å². The number of amides is 2. The Morgan fingerprint density at radius 1 is 1.40 bits per heavy atom. The molecule has 1 rings (SSSR count). The SMILES string of the molecule is CCC(CNC(=O)Nc1cc(C)ccc1Cl)CC(=O)O. The van der Waals surface area contributed by atoms with E-state index in [2.05, 4.69) is 10.6 Å². The minimum absolute atomic E-state index is 0.0436. The molecule has 2 amide bonds. The predicted octanol–water partition coefficient (Wildman–Crippen LogP) is 3.27. The molecule has 0 heterocycles. The number of urea groups is 1. The van der Waals surface area contributed by atoms with E-state index in [1.165, 1.54) is 0 Å². The molecule has 0 saturated heterocycles. The molecule has 1 atom stereocenters. The maximum Gasteiger partial charge on any atom is 0.319 e. The number of anilines is 1. The highest BCUT2D eigenvalue weighted by Crippen LogP contribution is 2.22. The molecule has 0 fully saturated rings. The predicted molar refractivity (Wildman–Crippen MR) is 79.2 cm³/mol. The third-order valence-corrected chi connectivity index (χ3v) is 3.29. The normalized spacial score (nSPS) is 11.8. The number of hydrogen-bond donors (Lipinski definition) is 3. The van der Waals surface area contributed by atoms with E-state index < -0.39 is 5.97 Å². The number of rotatable bonds is 6. The average Bonchev–Trinajstić information content (AvgIpc) is 2.38. The lowest BCUT2D eigenvalue weighted by molar-refractivity contribution is -0.138. The number of benzene rings is 1. The fourth-order valence-corrected chi connectivity index (χ4v) is 1.91. The second-order valence-corrected chi connectivity index (χ2v) is 5.10. The van der Waals surface area contributed by atoms with Gasteiger partial charge in [-0.3, -0.25) is 4.79 Å². The van der Waals surface area contributed by atoms with Gasteiger partial charge in [0.1, 0.15) is 0 Å². The first kappa shape index (κ1) is 16.3. The minimum atomic E-state index is -0.860. The van der Waals surface area contributed by atoms with Crippen LogP contribution in [0.25, 0.3) is 0 Å². The van der Waals surface area contributed by atoms with Crippen LogP contribution in [0.1, 0.15) is 25.3 Å². The Labute approximate surface area is 123 Å². The summed E-state index contributed by atoms with van der Waals surface area (Å²) in [6, 6.07) is 4.95. The molecule has 0 aliphatic carbocycles. The number of carbonyl (C=O) groups is 2. The van der Waals surface area contributed by atoms with Crippen LogP contribution in [-0.2, 0) is 4.79 Å². The van der Waals surface area contributed by atoms with Crippen molar-refractivity contribution in [3.05, 3.63) is 28.8 Å². The third-order valence-electron chi connectivity index (χ3n) is 2.96. The molecule has 0 aliphatic rings. The Morgan fingerprint density at radius 3 is 2.70 bits per heavy atom. The van der Waals surface area contributed by atoms with Crippen molar-refractivity contribution in [2.24, 2.45) is 5.92 Å². The average molecular weight is 299 g/mol. The molecule has 0 bridgehead atoms. The summed E-state index contributed by atoms with van der Waals surface area (Å²) in [5, 5.41) is 14.5. The summed E-state index contributed by atoms with van der Waals surface area (Å²) in [5.41, 5.74) is 1.53. The van der Waals surface area contributed by atoms with Gasteiger partial charge >= 0.3 is 12.0 Å². The van der Waals surface area contributed by atoms with E-state index in [4.69, 9.17) is 16.7 Å². The standard InChI is InChI=1S/C14H19ClN2O3/c1-3-10(7-13(18)19)8-16-14(20)17-12-6-9(2)4-5-11(12)15/h4-6,10H,3,7-8H2,1-2H3,(H,18,19)(H2,16,17,20). The van der Waals surface area contributed by atoms with Crippen LogP contribution in [0.3, 0.4) is 0 Å². The smallest absolute Gasteiger partial charge is 0.319 e. The first-order chi connectivity index (χ1) is 9.42. The first-order valence-corrected chi connectivity index (χ1v) is 6.83. The van der Waals surface area contributed by atoms with Gasteiger partial charge in [-0.1, -0.05) is 31.0 Å². The van der Waals surface area contributed by atoms with E-state index in [1.54, 1.807) is 12.1 Å². The van der Waals surface area contributed by atoms with E-state index in [1.807, 2.05) is 19.9 Å². The number of hydrogen-bond acceptors (Lipinski definition) is 2. The summed E-state index contributed by atoms with van der Waals surface area (Å²) in [6.45, 7) is 4.11. The lowest BCUT2D eigenvalue weighted by atomic mass is 10.0. The Balaban J connectivity index is 2.51. The molecule has 3 N–H and O–H groups in total. The van der Waals surface area contributed by atoms with Gasteiger partial charge in [0.2, 0.25) is 0 Å². The maximum absolute atomic E-state index is 11.8. The maximum atomic E-state index is 11.8. The quantitative estimate of drug-likeness (QED) is 0.754. The molecule has 1 aromatic rings. The van der Waals surface area contributed by atoms with Crippen LogP contribution in [0.15, 0.2) is 18.2 Å². The van der Waals surface area contributed by atoms with Crippen LogP contribution in [0.2, 0.25) is 5.02 Å². The molecule has 0 radical (unpaired) electrons. The van der Waals surface area contributed by atoms with Crippen LogP contribution < -0.4 is 10.6 Å². The second kappa shape index (κ2) is 7.75. The molecule has 6 heteroatoms. The van der Waals surface area contributed by atoms with Crippen LogP contribution in [-0.4, -0.2) is 23.7 Å². The molecule has 1 aromatic carbocycles. The van der Waals surface area contributed by atoms with Gasteiger partial charge in [0.15, 0.2) is 0 Å². The number of carbonyl (C=O) groups excluding carboxylic acids is 1. The zero-order chi connectivity index (χ0) is 15.1. The van der Waals surface area contributed by atoms with Crippen molar-refractivity contribution >= 4 is 29.3 Å². The molecule has 0 saturated carbocycles. The van der Waals surface area contributed by atoms with Crippen molar-refractivity contribution < 1.29 is 14.7 Å². The molecule has 0 aliphatic heterocycles. The highest BCUT2D eigenvalue weighted by Gasteiger charge is 2.13. The highest BCUT2D eigenvalue weighted by atomic mass is 35.5. The second-order valence-electron chi connectivity index (χ2n) is 4.69. The number of carboxylic acids is 1. The van der Waals surface area contributed by atoms with E-state index in [-0.39, 0.29) is 18.4 Å². The summed E-state index contributed by atoms with van der Waals surface area (Å²) in [4.78, 5) is 22.4. The summed E-state index contributed by atoms with van der Waals surface area (Å²) >= 11 is 5.98. The van der Waals surface area contributed by atoms with Crippen molar-refractivity contribution in [3.63, 3.8) is 0 Å². The van der Waals surface area contributed by atoms with Crippen LogP contribution >= 0.6 is 11.6 Å². The van der Waals surface area contributed by atoms with Crippen molar-refractivity contribution in [2.45, 2.75) is 26.7 Å². The zero-order valence-electron chi connectivity index (χ0n) is 11.6. The van der Waals surface area contributed by atoms with Crippen molar-refractivity contribution in [1.82, 2.24) is 5.32 Å². The molecule has 1 unspecified atom stereocenters. The van der Waals surface area contributed by atoms with Crippen molar-refractivity contribution in [3.8, 4) is 0 Å². The lowest BCUT2D eigenvalue weighted by Gasteiger charge is -2.14. The lowest BCUT2D eigenvalue weighted by Crippen LogP contribution is -2.33. The summed E-state index contributed by atoms with van der Waals surface area (Å²) in [6.07, 6.45) is 0.736. The molecule has 0 aromatic heterocycles. The Hall–Kier alpha value is -1.75. The van der Waals surface area contributed by atoms with Crippen molar-refractivity contribution in [2.75, 3.05) is 11.9 Å². The monoisotopic (exact) mass is 298 g/mol. The van der Waals surface area contributed by atoms with Gasteiger partial charge in [-0.05, 0) is 30.5 Å². The van der Waals surface area contributed by atoms with Crippen LogP contribution in [0, 0.1) is 12.8 Å². The summed E-state index contributed by atoms with van der Waals surface area (Å²) in [5.74, 6) is -0.938. The fraction of sp³-hybridized carbons (Fsp3) is 0.429. The Morgan fingerprint density at radius 2 is 2.10 bits per heavy atom. The van der Waals surface area contributed by atoms with Crippen LogP contribution in [0.4, 0.5) is 10.5 Å². The van der Waals surface area contributed by atoms with Gasteiger partial charge in [0.25, 0.3) is 0 Å². The van der Waals surface area contributed by atoms with Crippen LogP contribution in [0.5, 0.6) is 0 Å². The Bertz CT molecular complexity index is 491. The fourth-order valence-electron chi connectivity index (χ4n) is 1.75. The van der Waals surface area contributed by atoms with Gasteiger partial charge in [0.05, 0.1) is 10.7 Å². The molecule has 5 nitrogen and oxygen atoms in total. The number of nitrogens with one attached hydrogen (secondary N) is 2. The number of aryl methyl sites for hydroxylation is 1. The van der Waals surface area contributed by atoms with E-state index >= 15 is 0 Å². The summed E-state index contributed by atoms with van der Waals surface area (Å²) < 4.78 is 0. The van der Waals surface area contributed by atoms with E-state index in [9.17, 15) is 9.59 Å². The molecular weight excluding hydrogens is 280 g/mol. The largest absolute Gasteiger partial charge is 0.481 e. The molecule has 20 heavy (non-hydrogen) atoms. The number of halogens is 1. The van der Waals surface area contributed by atoms with E-state index in [0.29, 0.717) is 23.7 Å².